The van der Waals surface area contributed by atoms with Gasteiger partial charge < -0.3 is 5.11 Å². The van der Waals surface area contributed by atoms with E-state index in [1.165, 1.54) is 0 Å². The predicted molar refractivity (Wildman–Crippen MR) is 85.2 cm³/mol. The zero-order valence-corrected chi connectivity index (χ0v) is 12.9. The summed E-state index contributed by atoms with van der Waals surface area (Å²) in [6.07, 6.45) is 0. The van der Waals surface area contributed by atoms with Crippen LogP contribution >= 0.6 is 45.2 Å². The first-order chi connectivity index (χ1) is 8.11. The molecule has 0 aliphatic rings. The van der Waals surface area contributed by atoms with E-state index < -0.39 is 0 Å². The molecule has 0 heterocycles. The van der Waals surface area contributed by atoms with Crippen LogP contribution in [0.25, 0.3) is 16.0 Å². The summed E-state index contributed by atoms with van der Waals surface area (Å²) in [6.45, 7) is 6.90. The van der Waals surface area contributed by atoms with Crippen molar-refractivity contribution in [1.82, 2.24) is 0 Å². The van der Waals surface area contributed by atoms with Crippen molar-refractivity contribution in [2.45, 2.75) is 0 Å². The molecular weight excluding hydrogens is 440 g/mol. The Labute approximate surface area is 127 Å². The summed E-state index contributed by atoms with van der Waals surface area (Å²) in [5.41, 5.74) is 2.73. The van der Waals surface area contributed by atoms with Gasteiger partial charge >= 0.3 is 0 Å². The average molecular weight is 447 g/mol. The Kier molecular flexibility index (Phi) is 3.89. The van der Waals surface area contributed by atoms with Crippen molar-refractivity contribution in [2.75, 3.05) is 0 Å². The van der Waals surface area contributed by atoms with Crippen LogP contribution in [0.2, 0.25) is 0 Å². The van der Waals surface area contributed by atoms with Gasteiger partial charge in [-0.25, -0.2) is 4.85 Å². The van der Waals surface area contributed by atoms with Crippen LogP contribution in [-0.4, -0.2) is 5.11 Å². The molecule has 0 spiro atoms. The maximum Gasteiger partial charge on any atom is 0.187 e. The number of benzene rings is 2. The summed E-state index contributed by atoms with van der Waals surface area (Å²) < 4.78 is 1.66. The second kappa shape index (κ2) is 5.23. The Bertz CT molecular complexity index is 577. The molecule has 0 aromatic heterocycles. The highest BCUT2D eigenvalue weighted by Gasteiger charge is 2.07. The van der Waals surface area contributed by atoms with E-state index in [4.69, 9.17) is 6.57 Å². The van der Waals surface area contributed by atoms with Gasteiger partial charge in [0.25, 0.3) is 0 Å². The summed E-state index contributed by atoms with van der Waals surface area (Å²) in [4.78, 5) is 3.36. The van der Waals surface area contributed by atoms with Gasteiger partial charge in [0.05, 0.1) is 13.7 Å². The lowest BCUT2D eigenvalue weighted by atomic mass is 10.1. The minimum atomic E-state index is 0.327. The first-order valence-corrected chi connectivity index (χ1v) is 6.93. The number of nitrogens with zero attached hydrogens (tertiary/aromatic N) is 1. The molecule has 0 saturated heterocycles. The molecule has 0 amide bonds. The zero-order chi connectivity index (χ0) is 12.4. The SMILES string of the molecule is [C-]#[N+]c1ccc(-c2cc(I)c(O)c(I)c2)cc1. The Morgan fingerprint density at radius 3 is 1.94 bits per heavy atom. The molecule has 0 fully saturated rings. The molecule has 2 aromatic rings. The van der Waals surface area contributed by atoms with Crippen LogP contribution in [0, 0.1) is 13.7 Å². The van der Waals surface area contributed by atoms with Crippen LogP contribution in [0.5, 0.6) is 5.75 Å². The van der Waals surface area contributed by atoms with Crippen molar-refractivity contribution >= 4 is 50.9 Å². The molecule has 0 aliphatic heterocycles. The maximum atomic E-state index is 9.71. The predicted octanol–water partition coefficient (Wildman–Crippen LogP) is 4.82. The lowest BCUT2D eigenvalue weighted by molar-refractivity contribution is 0.468. The Morgan fingerprint density at radius 2 is 1.47 bits per heavy atom. The topological polar surface area (TPSA) is 24.6 Å². The van der Waals surface area contributed by atoms with E-state index in [1.807, 2.05) is 24.3 Å². The Balaban J connectivity index is 2.50. The summed E-state index contributed by atoms with van der Waals surface area (Å²) in [7, 11) is 0. The Morgan fingerprint density at radius 1 is 0.941 bits per heavy atom. The first-order valence-electron chi connectivity index (χ1n) is 4.77. The van der Waals surface area contributed by atoms with E-state index in [0.717, 1.165) is 18.3 Å². The molecule has 0 radical (unpaired) electrons. The number of phenolic OH excluding ortho intramolecular Hbond substituents is 1. The highest BCUT2D eigenvalue weighted by Crippen LogP contribution is 2.32. The highest BCUT2D eigenvalue weighted by atomic mass is 127. The van der Waals surface area contributed by atoms with Crippen molar-refractivity contribution in [3.05, 3.63) is 55.0 Å². The van der Waals surface area contributed by atoms with Crippen LogP contribution in [0.15, 0.2) is 36.4 Å². The fourth-order valence-electron chi connectivity index (χ4n) is 1.46. The number of aromatic hydroxyl groups is 1. The van der Waals surface area contributed by atoms with Crippen LogP contribution < -0.4 is 0 Å². The lowest BCUT2D eigenvalue weighted by Crippen LogP contribution is -1.84. The van der Waals surface area contributed by atoms with Crippen LogP contribution in [0.4, 0.5) is 5.69 Å². The minimum absolute atomic E-state index is 0.327. The highest BCUT2D eigenvalue weighted by molar-refractivity contribution is 14.1. The number of rotatable bonds is 1. The van der Waals surface area contributed by atoms with Gasteiger partial charge in [-0.2, -0.15) is 0 Å². The average Bonchev–Trinajstić information content (AvgIpc) is 2.35. The third-order valence-electron chi connectivity index (χ3n) is 2.35. The van der Waals surface area contributed by atoms with Crippen molar-refractivity contribution in [3.8, 4) is 16.9 Å². The van der Waals surface area contributed by atoms with E-state index in [-0.39, 0.29) is 0 Å². The van der Waals surface area contributed by atoms with E-state index in [2.05, 4.69) is 50.0 Å². The molecule has 4 heteroatoms. The normalized spacial score (nSPS) is 9.94. The summed E-state index contributed by atoms with van der Waals surface area (Å²) in [5, 5.41) is 9.71. The molecule has 17 heavy (non-hydrogen) atoms. The second-order valence-corrected chi connectivity index (χ2v) is 5.77. The fraction of sp³-hybridized carbons (Fsp3) is 0. The largest absolute Gasteiger partial charge is 0.506 e. The van der Waals surface area contributed by atoms with Gasteiger partial charge in [0.2, 0.25) is 0 Å². The third kappa shape index (κ3) is 2.72. The molecule has 2 aromatic carbocycles. The number of hydrogen-bond donors (Lipinski definition) is 1. The number of halogens is 2. The van der Waals surface area contributed by atoms with Crippen molar-refractivity contribution in [1.29, 1.82) is 0 Å². The summed E-state index contributed by atoms with van der Waals surface area (Å²) in [5.74, 6) is 0.327. The van der Waals surface area contributed by atoms with Gasteiger partial charge in [-0.15, -0.1) is 0 Å². The quantitative estimate of drug-likeness (QED) is 0.493. The number of hydrogen-bond acceptors (Lipinski definition) is 1. The molecule has 1 N–H and O–H groups in total. The van der Waals surface area contributed by atoms with E-state index in [9.17, 15) is 5.11 Å². The Hall–Kier alpha value is -0.810. The molecule has 84 valence electrons. The van der Waals surface area contributed by atoms with Gasteiger partial charge in [-0.3, -0.25) is 0 Å². The smallest absolute Gasteiger partial charge is 0.187 e. The zero-order valence-electron chi connectivity index (χ0n) is 8.61. The van der Waals surface area contributed by atoms with Crippen molar-refractivity contribution in [2.24, 2.45) is 0 Å². The van der Waals surface area contributed by atoms with E-state index in [0.29, 0.717) is 11.4 Å². The molecule has 0 saturated carbocycles. The van der Waals surface area contributed by atoms with Crippen molar-refractivity contribution in [3.63, 3.8) is 0 Å². The molecule has 0 unspecified atom stereocenters. The molecular formula is C13H7I2NO. The molecule has 2 nitrogen and oxygen atoms in total. The van der Waals surface area contributed by atoms with Gasteiger partial charge in [-0.05, 0) is 68.4 Å². The van der Waals surface area contributed by atoms with Crippen LogP contribution in [0.3, 0.4) is 0 Å². The standard InChI is InChI=1S/C13H7I2NO/c1-16-10-4-2-8(3-5-10)9-6-11(14)13(17)12(15)7-9/h2-7,17H. The third-order valence-corrected chi connectivity index (χ3v) is 3.99. The van der Waals surface area contributed by atoms with Gasteiger partial charge in [0.15, 0.2) is 5.69 Å². The lowest BCUT2D eigenvalue weighted by Gasteiger charge is -2.06. The van der Waals surface area contributed by atoms with Gasteiger partial charge in [-0.1, -0.05) is 24.3 Å². The molecule has 0 bridgehead atoms. The first kappa shape index (κ1) is 12.6. The molecule has 2 rings (SSSR count). The van der Waals surface area contributed by atoms with Crippen molar-refractivity contribution < 1.29 is 5.11 Å². The molecule has 0 atom stereocenters. The summed E-state index contributed by atoms with van der Waals surface area (Å²) in [6, 6.07) is 11.3. The van der Waals surface area contributed by atoms with E-state index >= 15 is 0 Å². The monoisotopic (exact) mass is 447 g/mol. The maximum absolute atomic E-state index is 9.71. The van der Waals surface area contributed by atoms with E-state index in [1.54, 1.807) is 12.1 Å². The number of phenols is 1. The van der Waals surface area contributed by atoms with Crippen LogP contribution in [0.1, 0.15) is 0 Å². The summed E-state index contributed by atoms with van der Waals surface area (Å²) >= 11 is 4.23. The van der Waals surface area contributed by atoms with Gasteiger partial charge in [0, 0.05) is 0 Å². The minimum Gasteiger partial charge on any atom is -0.506 e. The van der Waals surface area contributed by atoms with Crippen LogP contribution in [-0.2, 0) is 0 Å². The van der Waals surface area contributed by atoms with Gasteiger partial charge in [0.1, 0.15) is 5.75 Å². The molecule has 0 aliphatic carbocycles. The second-order valence-electron chi connectivity index (χ2n) is 3.45. The fourth-order valence-corrected chi connectivity index (χ4v) is 3.23.